The molecule has 0 aliphatic heterocycles. The maximum atomic E-state index is 6.75. The van der Waals surface area contributed by atoms with E-state index < -0.39 is 0 Å². The zero-order chi connectivity index (χ0) is 37.5. The Morgan fingerprint density at radius 2 is 0.877 bits per heavy atom. The first kappa shape index (κ1) is 31.5. The number of furan rings is 1. The highest BCUT2D eigenvalue weighted by Crippen LogP contribution is 2.40. The van der Waals surface area contributed by atoms with Crippen LogP contribution >= 0.6 is 0 Å². The molecule has 0 aliphatic carbocycles. The summed E-state index contributed by atoms with van der Waals surface area (Å²) in [6.07, 6.45) is 0. The van der Waals surface area contributed by atoms with Gasteiger partial charge in [0.25, 0.3) is 0 Å². The molecule has 4 heterocycles. The third-order valence-corrected chi connectivity index (χ3v) is 11.2. The molecule has 0 spiro atoms. The fraction of sp³-hybridized carbons (Fsp3) is 0. The standard InChI is InChI=1S/C51H31N5O/c1-3-14-32(15-4-1)34-18-13-19-36(28-34)55-43-23-10-9-22-39(43)41-30-42-40-27-26-35(29-47(40)57-48(42)31-46(41)55)50-52-49(33-16-5-2-6-17-33)53-51(54-50)56-44-24-11-7-20-37(44)38-21-8-12-25-45(38)56/h1-31H. The van der Waals surface area contributed by atoms with Crippen LogP contribution in [0.5, 0.6) is 0 Å². The molecular weight excluding hydrogens is 699 g/mol. The summed E-state index contributed by atoms with van der Waals surface area (Å²) in [7, 11) is 0. The SMILES string of the molecule is c1ccc(-c2cccc(-n3c4ccccc4c4cc5c(cc43)oc3cc(-c4nc(-c6ccccc6)nc(-n6c7ccccc7c7ccccc76)n4)ccc35)c2)cc1. The quantitative estimate of drug-likeness (QED) is 0.177. The third-order valence-electron chi connectivity index (χ3n) is 11.2. The highest BCUT2D eigenvalue weighted by atomic mass is 16.3. The lowest BCUT2D eigenvalue weighted by Crippen LogP contribution is -2.06. The Hall–Kier alpha value is -7.83. The van der Waals surface area contributed by atoms with Gasteiger partial charge in [-0.25, -0.2) is 4.98 Å². The third kappa shape index (κ3) is 4.94. The zero-order valence-corrected chi connectivity index (χ0v) is 30.5. The Morgan fingerprint density at radius 3 is 1.58 bits per heavy atom. The monoisotopic (exact) mass is 729 g/mol. The molecule has 0 atom stereocenters. The van der Waals surface area contributed by atoms with Crippen LogP contribution in [0.15, 0.2) is 192 Å². The molecule has 0 N–H and O–H groups in total. The van der Waals surface area contributed by atoms with Gasteiger partial charge < -0.3 is 8.98 Å². The molecule has 12 rings (SSSR count). The molecule has 6 nitrogen and oxygen atoms in total. The van der Waals surface area contributed by atoms with Crippen LogP contribution in [-0.2, 0) is 0 Å². The van der Waals surface area contributed by atoms with Crippen molar-refractivity contribution in [1.82, 2.24) is 24.1 Å². The number of fused-ring (bicyclic) bond motifs is 9. The van der Waals surface area contributed by atoms with E-state index in [0.29, 0.717) is 17.6 Å². The van der Waals surface area contributed by atoms with E-state index >= 15 is 0 Å². The van der Waals surface area contributed by atoms with Crippen LogP contribution in [-0.4, -0.2) is 24.1 Å². The molecule has 8 aromatic carbocycles. The maximum absolute atomic E-state index is 6.75. The molecular formula is C51H31N5O. The Bertz CT molecular complexity index is 3470. The number of nitrogens with zero attached hydrogens (tertiary/aromatic N) is 5. The average Bonchev–Trinajstić information content (AvgIpc) is 3.93. The molecule has 0 amide bonds. The van der Waals surface area contributed by atoms with Crippen LogP contribution in [0.4, 0.5) is 0 Å². The van der Waals surface area contributed by atoms with Crippen LogP contribution in [0.25, 0.3) is 111 Å². The summed E-state index contributed by atoms with van der Waals surface area (Å²) in [5.74, 6) is 1.74. The van der Waals surface area contributed by atoms with Crippen molar-refractivity contribution in [2.24, 2.45) is 0 Å². The summed E-state index contributed by atoms with van der Waals surface area (Å²) in [6.45, 7) is 0. The minimum absolute atomic E-state index is 0.562. The lowest BCUT2D eigenvalue weighted by atomic mass is 10.1. The molecule has 0 saturated carbocycles. The van der Waals surface area contributed by atoms with Crippen molar-refractivity contribution in [1.29, 1.82) is 0 Å². The second-order valence-corrected chi connectivity index (χ2v) is 14.5. The van der Waals surface area contributed by atoms with Crippen LogP contribution in [0.2, 0.25) is 0 Å². The summed E-state index contributed by atoms with van der Waals surface area (Å²) in [4.78, 5) is 15.3. The van der Waals surface area contributed by atoms with E-state index in [4.69, 9.17) is 19.4 Å². The maximum Gasteiger partial charge on any atom is 0.238 e. The highest BCUT2D eigenvalue weighted by molar-refractivity contribution is 6.17. The number of para-hydroxylation sites is 3. The van der Waals surface area contributed by atoms with Crippen molar-refractivity contribution in [3.8, 4) is 45.5 Å². The van der Waals surface area contributed by atoms with Gasteiger partial charge in [0.05, 0.1) is 22.1 Å². The first-order valence-electron chi connectivity index (χ1n) is 19.1. The van der Waals surface area contributed by atoms with Crippen molar-refractivity contribution in [3.63, 3.8) is 0 Å². The zero-order valence-electron chi connectivity index (χ0n) is 30.5. The Kier molecular flexibility index (Phi) is 6.83. The van der Waals surface area contributed by atoms with Gasteiger partial charge in [-0.2, -0.15) is 9.97 Å². The minimum Gasteiger partial charge on any atom is -0.456 e. The van der Waals surface area contributed by atoms with E-state index in [1.165, 1.54) is 21.9 Å². The fourth-order valence-corrected chi connectivity index (χ4v) is 8.56. The lowest BCUT2D eigenvalue weighted by molar-refractivity contribution is 0.669. The molecule has 0 radical (unpaired) electrons. The summed E-state index contributed by atoms with van der Waals surface area (Å²) < 4.78 is 11.2. The fourth-order valence-electron chi connectivity index (χ4n) is 8.56. The van der Waals surface area contributed by atoms with Gasteiger partial charge in [0.1, 0.15) is 11.2 Å². The van der Waals surface area contributed by atoms with Crippen molar-refractivity contribution in [2.45, 2.75) is 0 Å². The predicted octanol–water partition coefficient (Wildman–Crippen LogP) is 13.0. The van der Waals surface area contributed by atoms with E-state index in [1.807, 2.05) is 30.3 Å². The molecule has 57 heavy (non-hydrogen) atoms. The van der Waals surface area contributed by atoms with Crippen molar-refractivity contribution >= 4 is 65.6 Å². The van der Waals surface area contributed by atoms with Gasteiger partial charge in [-0.15, -0.1) is 0 Å². The molecule has 266 valence electrons. The second-order valence-electron chi connectivity index (χ2n) is 14.5. The van der Waals surface area contributed by atoms with E-state index in [0.717, 1.165) is 71.6 Å². The summed E-state index contributed by atoms with van der Waals surface area (Å²) in [6, 6.07) is 65.6. The van der Waals surface area contributed by atoms with Crippen molar-refractivity contribution < 1.29 is 4.42 Å². The van der Waals surface area contributed by atoms with Gasteiger partial charge in [-0.05, 0) is 59.7 Å². The Labute approximate surface area is 326 Å². The lowest BCUT2D eigenvalue weighted by Gasteiger charge is -2.10. The Balaban J connectivity index is 1.05. The van der Waals surface area contributed by atoms with Gasteiger partial charge in [0.15, 0.2) is 11.6 Å². The van der Waals surface area contributed by atoms with Crippen LogP contribution in [0.1, 0.15) is 0 Å². The molecule has 4 aromatic heterocycles. The van der Waals surface area contributed by atoms with Crippen LogP contribution in [0, 0.1) is 0 Å². The number of hydrogen-bond donors (Lipinski definition) is 0. The van der Waals surface area contributed by atoms with Gasteiger partial charge in [0, 0.05) is 55.2 Å². The number of benzene rings is 8. The molecule has 6 heteroatoms. The molecule has 0 fully saturated rings. The van der Waals surface area contributed by atoms with Crippen LogP contribution in [0.3, 0.4) is 0 Å². The van der Waals surface area contributed by atoms with Crippen LogP contribution < -0.4 is 0 Å². The summed E-state index contributed by atoms with van der Waals surface area (Å²) in [5.41, 5.74) is 11.1. The van der Waals surface area contributed by atoms with E-state index in [9.17, 15) is 0 Å². The number of rotatable bonds is 5. The topological polar surface area (TPSA) is 61.7 Å². The van der Waals surface area contributed by atoms with Gasteiger partial charge in [0.2, 0.25) is 5.95 Å². The summed E-state index contributed by atoms with van der Waals surface area (Å²) >= 11 is 0. The summed E-state index contributed by atoms with van der Waals surface area (Å²) in [5, 5.41) is 6.78. The van der Waals surface area contributed by atoms with Crippen molar-refractivity contribution in [3.05, 3.63) is 188 Å². The molecule has 0 aliphatic rings. The number of aromatic nitrogens is 5. The minimum atomic E-state index is 0.562. The first-order valence-corrected chi connectivity index (χ1v) is 19.1. The molecule has 0 unspecified atom stereocenters. The average molecular weight is 730 g/mol. The van der Waals surface area contributed by atoms with E-state index in [2.05, 4.69) is 167 Å². The highest BCUT2D eigenvalue weighted by Gasteiger charge is 2.20. The van der Waals surface area contributed by atoms with E-state index in [1.54, 1.807) is 0 Å². The van der Waals surface area contributed by atoms with E-state index in [-0.39, 0.29) is 0 Å². The number of hydrogen-bond acceptors (Lipinski definition) is 4. The second kappa shape index (κ2) is 12.3. The molecule has 0 bridgehead atoms. The molecule has 12 aromatic rings. The van der Waals surface area contributed by atoms with Crippen molar-refractivity contribution in [2.75, 3.05) is 0 Å². The Morgan fingerprint density at radius 1 is 0.316 bits per heavy atom. The van der Waals surface area contributed by atoms with Gasteiger partial charge >= 0.3 is 0 Å². The normalized spacial score (nSPS) is 11.9. The molecule has 0 saturated heterocycles. The van der Waals surface area contributed by atoms with Gasteiger partial charge in [-0.3, -0.25) is 4.57 Å². The predicted molar refractivity (Wildman–Crippen MR) is 232 cm³/mol. The largest absolute Gasteiger partial charge is 0.456 e. The van der Waals surface area contributed by atoms with Gasteiger partial charge in [-0.1, -0.05) is 133 Å². The first-order chi connectivity index (χ1) is 28.2. The smallest absolute Gasteiger partial charge is 0.238 e.